The summed E-state index contributed by atoms with van der Waals surface area (Å²) in [5.74, 6) is -1.74. The number of hydrogen-bond acceptors (Lipinski definition) is 5. The van der Waals surface area contributed by atoms with E-state index in [-0.39, 0.29) is 5.91 Å². The van der Waals surface area contributed by atoms with Crippen LogP contribution in [0.25, 0.3) is 11.3 Å². The molecule has 2 fully saturated rings. The first-order valence-corrected chi connectivity index (χ1v) is 13.4. The first-order valence-electron chi connectivity index (χ1n) is 13.4. The molecule has 1 N–H and O–H groups in total. The number of para-hydroxylation sites is 1. The standard InChI is InChI=1S/C26H31N5O2.C2HF3O2/c1-28-12-6-8-22(28)25(32)30-15-10-26(11-16-30)21-19-27-31(18-17-29-13-4-5-14-29)24(21)20-7-2-3-9-23(20)33-26;3-2(4,5)1(6)7/h2-3,6-9,12,19H,4-5,10-11,13-18H2,1H3;(H,6,7). The van der Waals surface area contributed by atoms with Crippen molar-refractivity contribution in [3.05, 3.63) is 60.0 Å². The second kappa shape index (κ2) is 11.0. The SMILES string of the molecule is Cn1cccc1C(=O)N1CCC2(CC1)Oc1ccccc1-c1c2cnn1CCN1CCCC1.O=C(O)C(F)(F)F. The highest BCUT2D eigenvalue weighted by atomic mass is 19.4. The molecule has 3 aliphatic heterocycles. The van der Waals surface area contributed by atoms with Gasteiger partial charge in [0.1, 0.15) is 17.0 Å². The average molecular weight is 560 g/mol. The van der Waals surface area contributed by atoms with Crippen molar-refractivity contribution < 1.29 is 32.6 Å². The number of amides is 1. The number of fused-ring (bicyclic) bond motifs is 4. The van der Waals surface area contributed by atoms with E-state index in [0.717, 1.165) is 42.9 Å². The quantitative estimate of drug-likeness (QED) is 0.517. The zero-order chi connectivity index (χ0) is 28.5. The number of carbonyl (C=O) groups is 2. The summed E-state index contributed by atoms with van der Waals surface area (Å²) < 4.78 is 42.5. The molecule has 0 bridgehead atoms. The lowest BCUT2D eigenvalue weighted by Crippen LogP contribution is -2.49. The van der Waals surface area contributed by atoms with Gasteiger partial charge in [0.2, 0.25) is 0 Å². The zero-order valence-electron chi connectivity index (χ0n) is 22.2. The first kappa shape index (κ1) is 27.8. The summed E-state index contributed by atoms with van der Waals surface area (Å²) in [5, 5.41) is 12.0. The molecule has 2 saturated heterocycles. The summed E-state index contributed by atoms with van der Waals surface area (Å²) in [5.41, 5.74) is 3.79. The van der Waals surface area contributed by atoms with Gasteiger partial charge < -0.3 is 24.2 Å². The third-order valence-electron chi connectivity index (χ3n) is 7.87. The monoisotopic (exact) mass is 559 g/mol. The molecule has 0 unspecified atom stereocenters. The van der Waals surface area contributed by atoms with E-state index in [9.17, 15) is 18.0 Å². The summed E-state index contributed by atoms with van der Waals surface area (Å²) in [6.07, 6.45) is 2.99. The topological polar surface area (TPSA) is 92.8 Å². The number of hydrogen-bond donors (Lipinski definition) is 1. The van der Waals surface area contributed by atoms with Crippen LogP contribution in [0.4, 0.5) is 13.2 Å². The van der Waals surface area contributed by atoms with Gasteiger partial charge in [-0.25, -0.2) is 4.79 Å². The van der Waals surface area contributed by atoms with E-state index in [1.54, 1.807) is 0 Å². The van der Waals surface area contributed by atoms with Crippen LogP contribution >= 0.6 is 0 Å². The molecule has 40 heavy (non-hydrogen) atoms. The molecule has 0 radical (unpaired) electrons. The summed E-state index contributed by atoms with van der Waals surface area (Å²) in [6, 6.07) is 12.1. The van der Waals surface area contributed by atoms with Crippen molar-refractivity contribution >= 4 is 11.9 Å². The third-order valence-corrected chi connectivity index (χ3v) is 7.87. The Kier molecular flexibility index (Phi) is 7.63. The molecule has 3 aliphatic rings. The molecular formula is C28H32F3N5O4. The van der Waals surface area contributed by atoms with Gasteiger partial charge in [0, 0.05) is 56.8 Å². The molecule has 0 saturated carbocycles. The number of likely N-dealkylation sites (tertiary alicyclic amines) is 2. The van der Waals surface area contributed by atoms with Gasteiger partial charge in [-0.2, -0.15) is 18.3 Å². The number of nitrogens with zero attached hydrogens (tertiary/aromatic N) is 5. The van der Waals surface area contributed by atoms with Crippen LogP contribution in [0.15, 0.2) is 48.8 Å². The van der Waals surface area contributed by atoms with Crippen LogP contribution < -0.4 is 4.74 Å². The summed E-state index contributed by atoms with van der Waals surface area (Å²) in [7, 11) is 1.92. The van der Waals surface area contributed by atoms with Crippen LogP contribution in [-0.2, 0) is 24.0 Å². The van der Waals surface area contributed by atoms with Crippen LogP contribution in [0.3, 0.4) is 0 Å². The minimum absolute atomic E-state index is 0.0927. The number of aromatic nitrogens is 3. The van der Waals surface area contributed by atoms with Crippen molar-refractivity contribution in [2.45, 2.75) is 44.0 Å². The maximum absolute atomic E-state index is 13.1. The van der Waals surface area contributed by atoms with Gasteiger partial charge in [0.25, 0.3) is 5.91 Å². The Morgan fingerprint density at radius 2 is 1.70 bits per heavy atom. The largest absolute Gasteiger partial charge is 0.490 e. The van der Waals surface area contributed by atoms with E-state index in [1.165, 1.54) is 37.2 Å². The van der Waals surface area contributed by atoms with Crippen molar-refractivity contribution in [1.29, 1.82) is 0 Å². The zero-order valence-corrected chi connectivity index (χ0v) is 22.2. The number of carbonyl (C=O) groups excluding carboxylic acids is 1. The number of halogens is 3. The number of piperidine rings is 1. The van der Waals surface area contributed by atoms with Crippen molar-refractivity contribution in [2.75, 3.05) is 32.7 Å². The Morgan fingerprint density at radius 1 is 1.02 bits per heavy atom. The fraction of sp³-hybridized carbons (Fsp3) is 0.464. The Bertz CT molecular complexity index is 1370. The lowest BCUT2D eigenvalue weighted by molar-refractivity contribution is -0.192. The summed E-state index contributed by atoms with van der Waals surface area (Å²) in [4.78, 5) is 26.4. The molecule has 2 aromatic heterocycles. The molecular weight excluding hydrogens is 527 g/mol. The maximum Gasteiger partial charge on any atom is 0.490 e. The highest BCUT2D eigenvalue weighted by Crippen LogP contribution is 2.49. The molecule has 0 aliphatic carbocycles. The van der Waals surface area contributed by atoms with Crippen LogP contribution in [0.2, 0.25) is 0 Å². The summed E-state index contributed by atoms with van der Waals surface area (Å²) >= 11 is 0. The van der Waals surface area contributed by atoms with Crippen molar-refractivity contribution in [2.24, 2.45) is 7.05 Å². The normalized spacial score (nSPS) is 17.9. The molecule has 6 rings (SSSR count). The molecule has 1 spiro atoms. The fourth-order valence-corrected chi connectivity index (χ4v) is 5.72. The minimum atomic E-state index is -5.08. The number of ether oxygens (including phenoxy) is 1. The van der Waals surface area contributed by atoms with E-state index < -0.39 is 17.7 Å². The van der Waals surface area contributed by atoms with Crippen LogP contribution in [0, 0.1) is 0 Å². The van der Waals surface area contributed by atoms with Gasteiger partial charge in [0.05, 0.1) is 18.4 Å². The number of rotatable bonds is 4. The van der Waals surface area contributed by atoms with E-state index in [2.05, 4.69) is 27.8 Å². The van der Waals surface area contributed by atoms with E-state index in [1.807, 2.05) is 47.1 Å². The maximum atomic E-state index is 13.1. The third kappa shape index (κ3) is 5.45. The second-order valence-electron chi connectivity index (χ2n) is 10.4. The fourth-order valence-electron chi connectivity index (χ4n) is 5.72. The first-order chi connectivity index (χ1) is 19.1. The Morgan fingerprint density at radius 3 is 2.33 bits per heavy atom. The molecule has 1 aromatic carbocycles. The lowest BCUT2D eigenvalue weighted by atomic mass is 9.81. The lowest BCUT2D eigenvalue weighted by Gasteiger charge is -2.44. The van der Waals surface area contributed by atoms with Crippen molar-refractivity contribution in [1.82, 2.24) is 24.1 Å². The van der Waals surface area contributed by atoms with Gasteiger partial charge >= 0.3 is 12.1 Å². The van der Waals surface area contributed by atoms with Gasteiger partial charge in [-0.15, -0.1) is 0 Å². The van der Waals surface area contributed by atoms with Crippen molar-refractivity contribution in [3.8, 4) is 17.0 Å². The Balaban J connectivity index is 0.000000411. The number of carboxylic acid groups (broad SMARTS) is 1. The molecule has 5 heterocycles. The molecule has 1 amide bonds. The number of aryl methyl sites for hydroxylation is 1. The molecule has 12 heteroatoms. The van der Waals surface area contributed by atoms with E-state index >= 15 is 0 Å². The predicted molar refractivity (Wildman–Crippen MR) is 140 cm³/mol. The van der Waals surface area contributed by atoms with Gasteiger partial charge in [-0.1, -0.05) is 12.1 Å². The number of carboxylic acids is 1. The van der Waals surface area contributed by atoms with E-state index in [4.69, 9.17) is 19.7 Å². The molecule has 9 nitrogen and oxygen atoms in total. The molecule has 3 aromatic rings. The molecule has 0 atom stereocenters. The predicted octanol–water partition coefficient (Wildman–Crippen LogP) is 4.14. The van der Waals surface area contributed by atoms with E-state index in [0.29, 0.717) is 13.1 Å². The highest BCUT2D eigenvalue weighted by Gasteiger charge is 2.46. The second-order valence-corrected chi connectivity index (χ2v) is 10.4. The van der Waals surface area contributed by atoms with Crippen molar-refractivity contribution in [3.63, 3.8) is 0 Å². The van der Waals surface area contributed by atoms with Gasteiger partial charge in [-0.05, 0) is 50.2 Å². The number of benzene rings is 1. The Labute approximate surface area is 229 Å². The van der Waals surface area contributed by atoms with Gasteiger partial charge in [-0.3, -0.25) is 9.48 Å². The number of aliphatic carboxylic acids is 1. The smallest absolute Gasteiger partial charge is 0.482 e. The highest BCUT2D eigenvalue weighted by molar-refractivity contribution is 5.92. The average Bonchev–Trinajstić information content (AvgIpc) is 3.69. The number of alkyl halides is 3. The van der Waals surface area contributed by atoms with Gasteiger partial charge in [0.15, 0.2) is 0 Å². The summed E-state index contributed by atoms with van der Waals surface area (Å²) in [6.45, 7) is 5.65. The Hall–Kier alpha value is -3.80. The van der Waals surface area contributed by atoms with Crippen LogP contribution in [-0.4, -0.2) is 80.0 Å². The molecule has 214 valence electrons. The minimum Gasteiger partial charge on any atom is -0.482 e. The van der Waals surface area contributed by atoms with Crippen LogP contribution in [0.5, 0.6) is 5.75 Å². The van der Waals surface area contributed by atoms with Crippen LogP contribution in [0.1, 0.15) is 41.7 Å².